The van der Waals surface area contributed by atoms with Crippen LogP contribution in [-0.2, 0) is 37.1 Å². The number of hydrogen-bond donors (Lipinski definition) is 5. The number of halogens is 1. The second-order valence-electron chi connectivity index (χ2n) is 9.91. The fraction of sp³-hybridized carbons (Fsp3) is 0.360. The van der Waals surface area contributed by atoms with Crippen LogP contribution in [0.3, 0.4) is 0 Å². The highest BCUT2D eigenvalue weighted by Crippen LogP contribution is 2.40. The van der Waals surface area contributed by atoms with Crippen LogP contribution in [0.4, 0.5) is 11.1 Å². The van der Waals surface area contributed by atoms with Crippen molar-refractivity contribution in [2.45, 2.75) is 37.5 Å². The molecule has 3 aromatic rings. The number of pyridine rings is 1. The minimum atomic E-state index is -1.54. The highest BCUT2D eigenvalue weighted by Gasteiger charge is 2.53. The number of aromatic nitrogens is 4. The van der Waals surface area contributed by atoms with Crippen molar-refractivity contribution in [2.75, 3.05) is 30.8 Å². The van der Waals surface area contributed by atoms with Crippen LogP contribution in [0.1, 0.15) is 12.6 Å². The molecule has 17 nitrogen and oxygen atoms in total. The molecule has 0 unspecified atom stereocenters. The fourth-order valence-corrected chi connectivity index (χ4v) is 7.02. The Morgan fingerprint density at radius 3 is 2.76 bits per heavy atom. The van der Waals surface area contributed by atoms with Crippen LogP contribution in [0.5, 0.6) is 0 Å². The first-order valence-electron chi connectivity index (χ1n) is 13.3. The minimum Gasteiger partial charge on any atom is -0.543 e. The molecule has 7 N–H and O–H groups in total. The molecule has 45 heavy (non-hydrogen) atoms. The van der Waals surface area contributed by atoms with Crippen LogP contribution in [0.2, 0.25) is 4.34 Å². The van der Waals surface area contributed by atoms with Gasteiger partial charge < -0.3 is 46.5 Å². The zero-order valence-electron chi connectivity index (χ0n) is 23.7. The fourth-order valence-electron chi connectivity index (χ4n) is 4.75. The van der Waals surface area contributed by atoms with Crippen molar-refractivity contribution in [1.29, 1.82) is 0 Å². The van der Waals surface area contributed by atoms with Gasteiger partial charge in [-0.2, -0.15) is 4.57 Å². The maximum Gasteiger partial charge on any atom is 0.347 e. The lowest BCUT2D eigenvalue weighted by molar-refractivity contribution is -0.687. The van der Waals surface area contributed by atoms with Crippen LogP contribution in [0.15, 0.2) is 34.9 Å². The lowest BCUT2D eigenvalue weighted by Crippen LogP contribution is -2.71. The molecule has 0 bridgehead atoms. The lowest BCUT2D eigenvalue weighted by atomic mass is 10.0. The van der Waals surface area contributed by atoms with E-state index in [1.165, 1.54) is 18.7 Å². The molecule has 0 radical (unpaired) electrons. The number of oxime groups is 1. The number of fused-ring (bicyclic) bond motifs is 2. The van der Waals surface area contributed by atoms with Crippen LogP contribution in [0, 0.1) is 0 Å². The molecule has 238 valence electrons. The number of anilines is 2. The maximum atomic E-state index is 13.3. The first-order valence-corrected chi connectivity index (χ1v) is 15.5. The van der Waals surface area contributed by atoms with Crippen molar-refractivity contribution in [3.05, 3.63) is 39.8 Å². The monoisotopic (exact) mass is 678 g/mol. The van der Waals surface area contributed by atoms with E-state index in [0.717, 1.165) is 21.8 Å². The van der Waals surface area contributed by atoms with E-state index in [1.807, 2.05) is 17.7 Å². The average Bonchev–Trinajstić information content (AvgIpc) is 3.49. The second-order valence-corrected chi connectivity index (χ2v) is 12.7. The van der Waals surface area contributed by atoms with E-state index < -0.39 is 47.0 Å². The number of aliphatic carboxylic acids is 2. The number of carbonyl (C=O) groups excluding carboxylic acids is 3. The number of nitrogen functional groups attached to an aromatic ring is 2. The Labute approximate surface area is 267 Å². The quantitative estimate of drug-likeness (QED) is 0.0610. The highest BCUT2D eigenvalue weighted by molar-refractivity contribution is 8.00. The van der Waals surface area contributed by atoms with Gasteiger partial charge >= 0.3 is 5.97 Å². The second kappa shape index (κ2) is 12.9. The first kappa shape index (κ1) is 31.9. The molecule has 3 aromatic heterocycles. The van der Waals surface area contributed by atoms with Crippen LogP contribution in [0.25, 0.3) is 11.0 Å². The van der Waals surface area contributed by atoms with Gasteiger partial charge in [0.25, 0.3) is 11.8 Å². The summed E-state index contributed by atoms with van der Waals surface area (Å²) in [5.74, 6) is -3.98. The van der Waals surface area contributed by atoms with E-state index in [9.17, 15) is 24.3 Å². The third kappa shape index (κ3) is 6.23. The summed E-state index contributed by atoms with van der Waals surface area (Å²) >= 11 is 8.25. The molecule has 3 atom stereocenters. The Balaban J connectivity index is 1.36. The number of nitrogens with zero attached hydrogens (tertiary/aromatic N) is 6. The SMILES string of the molecule is CNCCn1c(N)nc2c[n+](CC3=C(C(=O)[O-])N4C(=O)[C@@H](NC(=O)/C(=N\O[C@@H](C)C(=O)O)c5nc(N)sc5Cl)[C@H]4SC3)ccc21. The van der Waals surface area contributed by atoms with Crippen LogP contribution in [-0.4, -0.2) is 90.9 Å². The topological polar surface area (TPSA) is 247 Å². The van der Waals surface area contributed by atoms with Crippen molar-refractivity contribution in [1.82, 2.24) is 30.1 Å². The van der Waals surface area contributed by atoms with Gasteiger partial charge in [0.05, 0.1) is 17.2 Å². The molecule has 2 aliphatic heterocycles. The number of hydrogen-bond acceptors (Lipinski definition) is 14. The van der Waals surface area contributed by atoms with Crippen molar-refractivity contribution in [3.63, 3.8) is 0 Å². The minimum absolute atomic E-state index is 0.00872. The van der Waals surface area contributed by atoms with Gasteiger partial charge in [-0.05, 0) is 14.0 Å². The zero-order chi connectivity index (χ0) is 32.6. The van der Waals surface area contributed by atoms with Gasteiger partial charge in [-0.1, -0.05) is 28.1 Å². The van der Waals surface area contributed by atoms with Gasteiger partial charge in [0, 0.05) is 30.5 Å². The standard InChI is InChI=1S/C25H27ClN10O7S2/c1-10(22(39)40)43-33-15(14-18(26)45-25(28)32-14)19(37)31-16-20(38)36-17(23(41)42)11(9-44-21(16)36)7-34-5-3-13-12(8-34)30-24(27)35(13)6-4-29-2/h3,5,8,10,16,21,29H,4,6-7,9H2,1-2H3,(H6-,27,28,30,31,32,37,39,40,41,42)/b33-15-/t10-,16+,21+/m0/s1. The maximum absolute atomic E-state index is 13.3. The van der Waals surface area contributed by atoms with E-state index in [2.05, 4.69) is 25.8 Å². The molecule has 0 spiro atoms. The predicted octanol–water partition coefficient (Wildman–Crippen LogP) is -1.88. The van der Waals surface area contributed by atoms with Crippen LogP contribution >= 0.6 is 34.7 Å². The molecule has 0 saturated carbocycles. The number of nitrogens with one attached hydrogen (secondary N) is 2. The number of thioether (sulfide) groups is 1. The number of carboxylic acid groups (broad SMARTS) is 2. The Morgan fingerprint density at radius 2 is 2.11 bits per heavy atom. The lowest BCUT2D eigenvalue weighted by Gasteiger charge is -2.50. The zero-order valence-corrected chi connectivity index (χ0v) is 26.1. The number of imidazole rings is 1. The summed E-state index contributed by atoms with van der Waals surface area (Å²) in [5, 5.41) is 29.8. The molecule has 5 heterocycles. The third-order valence-electron chi connectivity index (χ3n) is 6.95. The number of amides is 2. The van der Waals surface area contributed by atoms with E-state index in [0.29, 0.717) is 30.1 Å². The Kier molecular flexibility index (Phi) is 9.14. The smallest absolute Gasteiger partial charge is 0.347 e. The number of carboxylic acids is 2. The molecular formula is C25H27ClN10O7S2. The van der Waals surface area contributed by atoms with Crippen molar-refractivity contribution < 1.29 is 38.8 Å². The van der Waals surface area contributed by atoms with E-state index in [-0.39, 0.29) is 33.2 Å². The Morgan fingerprint density at radius 1 is 1.36 bits per heavy atom. The summed E-state index contributed by atoms with van der Waals surface area (Å²) in [7, 11) is 1.83. The van der Waals surface area contributed by atoms with E-state index in [4.69, 9.17) is 33.0 Å². The van der Waals surface area contributed by atoms with Gasteiger partial charge in [-0.25, -0.2) is 14.8 Å². The number of thiazole rings is 1. The number of nitrogens with two attached hydrogens (primary N) is 2. The molecule has 1 fully saturated rings. The number of β-lactam (4-membered cyclic amide) rings is 1. The molecule has 2 amide bonds. The summed E-state index contributed by atoms with van der Waals surface area (Å²) in [6, 6.07) is 0.679. The first-order chi connectivity index (χ1) is 21.4. The largest absolute Gasteiger partial charge is 0.543 e. The van der Waals surface area contributed by atoms with Gasteiger partial charge in [0.2, 0.25) is 12.1 Å². The van der Waals surface area contributed by atoms with Crippen LogP contribution < -0.4 is 31.8 Å². The molecule has 1 saturated heterocycles. The van der Waals surface area contributed by atoms with Gasteiger partial charge in [-0.15, -0.1) is 11.8 Å². The van der Waals surface area contributed by atoms with Gasteiger partial charge in [0.1, 0.15) is 21.4 Å². The molecular weight excluding hydrogens is 652 g/mol. The van der Waals surface area contributed by atoms with Gasteiger partial charge in [0.15, 0.2) is 35.3 Å². The van der Waals surface area contributed by atoms with E-state index >= 15 is 0 Å². The molecule has 5 rings (SSSR count). The summed E-state index contributed by atoms with van der Waals surface area (Å²) in [4.78, 5) is 64.4. The predicted molar refractivity (Wildman–Crippen MR) is 162 cm³/mol. The average molecular weight is 679 g/mol. The number of likely N-dealkylation sites (N-methyl/N-ethyl adjacent to an activating group) is 1. The number of rotatable bonds is 12. The van der Waals surface area contributed by atoms with Gasteiger partial charge in [-0.3, -0.25) is 14.5 Å². The van der Waals surface area contributed by atoms with E-state index in [1.54, 1.807) is 17.0 Å². The van der Waals surface area contributed by atoms with Crippen molar-refractivity contribution >= 4 is 86.3 Å². The van der Waals surface area contributed by atoms with Crippen molar-refractivity contribution in [3.8, 4) is 0 Å². The third-order valence-corrected chi connectivity index (χ3v) is 9.38. The highest BCUT2D eigenvalue weighted by atomic mass is 35.5. The Bertz CT molecular complexity index is 1770. The summed E-state index contributed by atoms with van der Waals surface area (Å²) in [5.41, 5.74) is 12.7. The summed E-state index contributed by atoms with van der Waals surface area (Å²) in [6.07, 6.45) is 2.09. The molecule has 0 aliphatic carbocycles. The number of carbonyl (C=O) groups is 4. The molecule has 2 aliphatic rings. The summed E-state index contributed by atoms with van der Waals surface area (Å²) in [6.45, 7) is 2.62. The molecule has 0 aromatic carbocycles. The normalized spacial score (nSPS) is 18.9. The summed E-state index contributed by atoms with van der Waals surface area (Å²) < 4.78 is 3.59. The Hall–Kier alpha value is -4.46. The molecule has 20 heteroatoms. The van der Waals surface area contributed by atoms with Crippen molar-refractivity contribution in [2.24, 2.45) is 5.16 Å².